The van der Waals surface area contributed by atoms with Gasteiger partial charge in [0.2, 0.25) is 0 Å². The molecule has 0 spiro atoms. The molecule has 102 valence electrons. The van der Waals surface area contributed by atoms with Gasteiger partial charge in [-0.2, -0.15) is 0 Å². The smallest absolute Gasteiger partial charge is 0.0499 e. The Morgan fingerprint density at radius 1 is 1.41 bits per heavy atom. The molecule has 2 heteroatoms. The monoisotopic (exact) mass is 241 g/mol. The van der Waals surface area contributed by atoms with E-state index in [1.54, 1.807) is 0 Å². The van der Waals surface area contributed by atoms with Crippen molar-refractivity contribution in [1.82, 2.24) is 4.90 Å². The van der Waals surface area contributed by atoms with Crippen LogP contribution in [0.15, 0.2) is 0 Å². The zero-order valence-electron chi connectivity index (χ0n) is 12.2. The van der Waals surface area contributed by atoms with Crippen molar-refractivity contribution in [2.45, 2.75) is 53.4 Å². The van der Waals surface area contributed by atoms with Crippen molar-refractivity contribution in [2.24, 2.45) is 17.3 Å². The lowest BCUT2D eigenvalue weighted by atomic mass is 9.70. The minimum absolute atomic E-state index is 0.183. The third-order valence-electron chi connectivity index (χ3n) is 4.15. The highest BCUT2D eigenvalue weighted by molar-refractivity contribution is 4.87. The topological polar surface area (TPSA) is 23.5 Å². The van der Waals surface area contributed by atoms with Crippen LogP contribution in [0.2, 0.25) is 0 Å². The molecule has 0 aliphatic heterocycles. The minimum Gasteiger partial charge on any atom is -0.396 e. The Kier molecular flexibility index (Phi) is 5.94. The third kappa shape index (κ3) is 4.59. The summed E-state index contributed by atoms with van der Waals surface area (Å²) < 4.78 is 0. The summed E-state index contributed by atoms with van der Waals surface area (Å²) in [4.78, 5) is 2.53. The van der Waals surface area contributed by atoms with E-state index in [-0.39, 0.29) is 5.41 Å². The second kappa shape index (κ2) is 6.75. The van der Waals surface area contributed by atoms with Crippen LogP contribution in [0.4, 0.5) is 0 Å². The predicted octanol–water partition coefficient (Wildman–Crippen LogP) is 3.15. The minimum atomic E-state index is 0.183. The molecule has 1 aliphatic rings. The highest BCUT2D eigenvalue weighted by Gasteiger charge is 2.35. The molecule has 0 aromatic rings. The Hall–Kier alpha value is -0.0800. The number of hydrogen-bond acceptors (Lipinski definition) is 2. The molecule has 0 amide bonds. The number of hydrogen-bond donors (Lipinski definition) is 1. The largest absolute Gasteiger partial charge is 0.396 e. The second-order valence-electron chi connectivity index (χ2n) is 6.58. The van der Waals surface area contributed by atoms with E-state index in [1.807, 2.05) is 0 Å². The van der Waals surface area contributed by atoms with Crippen molar-refractivity contribution < 1.29 is 5.11 Å². The fraction of sp³-hybridized carbons (Fsp3) is 1.00. The molecule has 1 N–H and O–H groups in total. The maximum absolute atomic E-state index is 9.81. The number of nitrogens with zero attached hydrogens (tertiary/aromatic N) is 1. The summed E-state index contributed by atoms with van der Waals surface area (Å²) in [5.74, 6) is 1.50. The number of aliphatic hydroxyl groups is 1. The van der Waals surface area contributed by atoms with Gasteiger partial charge >= 0.3 is 0 Å². The van der Waals surface area contributed by atoms with Crippen LogP contribution in [0.1, 0.15) is 53.4 Å². The Morgan fingerprint density at radius 3 is 2.59 bits per heavy atom. The van der Waals surface area contributed by atoms with E-state index in [0.717, 1.165) is 25.6 Å². The van der Waals surface area contributed by atoms with Crippen LogP contribution in [0.25, 0.3) is 0 Å². The fourth-order valence-corrected chi connectivity index (χ4v) is 3.40. The number of rotatable bonds is 6. The molecule has 1 saturated carbocycles. The summed E-state index contributed by atoms with van der Waals surface area (Å²) in [5.41, 5.74) is 0.183. The molecular formula is C15H31NO. The maximum Gasteiger partial charge on any atom is 0.0499 e. The molecule has 2 atom stereocenters. The van der Waals surface area contributed by atoms with Gasteiger partial charge in [-0.05, 0) is 31.2 Å². The van der Waals surface area contributed by atoms with Crippen LogP contribution >= 0.6 is 0 Å². The molecule has 0 saturated heterocycles. The van der Waals surface area contributed by atoms with Gasteiger partial charge in [-0.1, -0.05) is 40.5 Å². The highest BCUT2D eigenvalue weighted by atomic mass is 16.3. The molecule has 0 heterocycles. The summed E-state index contributed by atoms with van der Waals surface area (Å²) in [6.45, 7) is 12.8. The van der Waals surface area contributed by atoms with Gasteiger partial charge in [0, 0.05) is 25.1 Å². The van der Waals surface area contributed by atoms with Crippen LogP contribution in [0.3, 0.4) is 0 Å². The normalized spacial score (nSPS) is 30.2. The highest BCUT2D eigenvalue weighted by Crippen LogP contribution is 2.39. The van der Waals surface area contributed by atoms with Gasteiger partial charge in [0.15, 0.2) is 0 Å². The number of aliphatic hydroxyl groups excluding tert-OH is 1. The lowest BCUT2D eigenvalue weighted by Crippen LogP contribution is -2.44. The Morgan fingerprint density at radius 2 is 2.12 bits per heavy atom. The molecule has 0 aromatic carbocycles. The van der Waals surface area contributed by atoms with Crippen molar-refractivity contribution >= 4 is 0 Å². The van der Waals surface area contributed by atoms with Crippen LogP contribution in [-0.2, 0) is 0 Å². The summed E-state index contributed by atoms with van der Waals surface area (Å²) in [6.07, 6.45) is 5.06. The van der Waals surface area contributed by atoms with Gasteiger partial charge in [0.05, 0.1) is 0 Å². The van der Waals surface area contributed by atoms with Gasteiger partial charge in [-0.25, -0.2) is 0 Å². The molecule has 2 unspecified atom stereocenters. The molecule has 17 heavy (non-hydrogen) atoms. The van der Waals surface area contributed by atoms with Crippen LogP contribution in [0, 0.1) is 17.3 Å². The zero-order chi connectivity index (χ0) is 12.9. The molecule has 1 rings (SSSR count). The Bertz CT molecular complexity index is 217. The standard InChI is InChI=1S/C15H31NO/c1-5-16(10-13(2)3)11-15(12-17)8-6-7-14(4)9-15/h13-14,17H,5-12H2,1-4H3. The van der Waals surface area contributed by atoms with E-state index in [4.69, 9.17) is 0 Å². The molecule has 2 nitrogen and oxygen atoms in total. The fourth-order valence-electron chi connectivity index (χ4n) is 3.40. The molecular weight excluding hydrogens is 210 g/mol. The molecule has 0 radical (unpaired) electrons. The van der Waals surface area contributed by atoms with E-state index >= 15 is 0 Å². The average molecular weight is 241 g/mol. The van der Waals surface area contributed by atoms with Crippen molar-refractivity contribution in [1.29, 1.82) is 0 Å². The van der Waals surface area contributed by atoms with E-state index in [0.29, 0.717) is 12.5 Å². The van der Waals surface area contributed by atoms with Crippen molar-refractivity contribution in [3.8, 4) is 0 Å². The lowest BCUT2D eigenvalue weighted by Gasteiger charge is -2.42. The van der Waals surface area contributed by atoms with E-state index < -0.39 is 0 Å². The first-order valence-electron chi connectivity index (χ1n) is 7.34. The van der Waals surface area contributed by atoms with Gasteiger partial charge in [-0.15, -0.1) is 0 Å². The average Bonchev–Trinajstić information content (AvgIpc) is 2.27. The molecule has 1 aliphatic carbocycles. The first-order valence-corrected chi connectivity index (χ1v) is 7.34. The Balaban J connectivity index is 2.59. The van der Waals surface area contributed by atoms with Crippen molar-refractivity contribution in [3.05, 3.63) is 0 Å². The summed E-state index contributed by atoms with van der Waals surface area (Å²) in [5, 5.41) is 9.81. The molecule has 0 bridgehead atoms. The summed E-state index contributed by atoms with van der Waals surface area (Å²) in [6, 6.07) is 0. The zero-order valence-corrected chi connectivity index (χ0v) is 12.2. The summed E-state index contributed by atoms with van der Waals surface area (Å²) in [7, 11) is 0. The molecule has 0 aromatic heterocycles. The van der Waals surface area contributed by atoms with Crippen LogP contribution < -0.4 is 0 Å². The van der Waals surface area contributed by atoms with E-state index in [1.165, 1.54) is 25.7 Å². The van der Waals surface area contributed by atoms with Crippen molar-refractivity contribution in [3.63, 3.8) is 0 Å². The van der Waals surface area contributed by atoms with Gasteiger partial charge in [-0.3, -0.25) is 0 Å². The van der Waals surface area contributed by atoms with Crippen LogP contribution in [0.5, 0.6) is 0 Å². The SMILES string of the molecule is CCN(CC(C)C)CC1(CO)CCCC(C)C1. The first-order chi connectivity index (χ1) is 8.01. The second-order valence-corrected chi connectivity index (χ2v) is 6.58. The van der Waals surface area contributed by atoms with Gasteiger partial charge < -0.3 is 10.0 Å². The quantitative estimate of drug-likeness (QED) is 0.772. The van der Waals surface area contributed by atoms with Crippen molar-refractivity contribution in [2.75, 3.05) is 26.2 Å². The van der Waals surface area contributed by atoms with Crippen LogP contribution in [-0.4, -0.2) is 36.2 Å². The third-order valence-corrected chi connectivity index (χ3v) is 4.15. The predicted molar refractivity (Wildman–Crippen MR) is 74.1 cm³/mol. The molecule has 1 fully saturated rings. The Labute approximate surface area is 107 Å². The van der Waals surface area contributed by atoms with Gasteiger partial charge in [0.1, 0.15) is 0 Å². The summed E-state index contributed by atoms with van der Waals surface area (Å²) >= 11 is 0. The van der Waals surface area contributed by atoms with Gasteiger partial charge in [0.25, 0.3) is 0 Å². The maximum atomic E-state index is 9.81. The van der Waals surface area contributed by atoms with E-state index in [2.05, 4.69) is 32.6 Å². The first kappa shape index (κ1) is 15.0. The lowest BCUT2D eigenvalue weighted by molar-refractivity contribution is 0.0223. The van der Waals surface area contributed by atoms with E-state index in [9.17, 15) is 5.11 Å².